The number of fused-ring (bicyclic) bond motifs is 1. The van der Waals surface area contributed by atoms with Crippen molar-refractivity contribution in [2.24, 2.45) is 23.2 Å². The highest BCUT2D eigenvalue weighted by molar-refractivity contribution is 5.85. The monoisotopic (exact) mass is 286 g/mol. The Morgan fingerprint density at radius 1 is 1.26 bits per heavy atom. The first-order chi connectivity index (χ1) is 8.59. The van der Waals surface area contributed by atoms with Gasteiger partial charge in [0.1, 0.15) is 0 Å². The van der Waals surface area contributed by atoms with E-state index in [-0.39, 0.29) is 12.4 Å². The summed E-state index contributed by atoms with van der Waals surface area (Å²) < 4.78 is 0. The molecule has 3 unspecified atom stereocenters. The summed E-state index contributed by atoms with van der Waals surface area (Å²) in [4.78, 5) is 12.1. The summed E-state index contributed by atoms with van der Waals surface area (Å²) in [7, 11) is 0. The Morgan fingerprint density at radius 3 is 2.58 bits per heavy atom. The predicted molar refractivity (Wildman–Crippen MR) is 79.4 cm³/mol. The summed E-state index contributed by atoms with van der Waals surface area (Å²) >= 11 is 0. The summed E-state index contributed by atoms with van der Waals surface area (Å²) in [5.41, 5.74) is 0.310. The minimum absolute atomic E-state index is 0. The predicted octanol–water partition coefficient (Wildman–Crippen LogP) is 2.35. The molecule has 1 amide bonds. The van der Waals surface area contributed by atoms with Crippen LogP contribution in [0, 0.1) is 23.2 Å². The van der Waals surface area contributed by atoms with E-state index < -0.39 is 0 Å². The average molecular weight is 287 g/mol. The minimum atomic E-state index is 0. The number of hydrogen-bond donors (Lipinski definition) is 2. The van der Waals surface area contributed by atoms with Crippen LogP contribution in [0.4, 0.5) is 0 Å². The van der Waals surface area contributed by atoms with E-state index in [0.717, 1.165) is 24.9 Å². The molecule has 0 radical (unpaired) electrons. The van der Waals surface area contributed by atoms with Crippen molar-refractivity contribution in [2.75, 3.05) is 13.1 Å². The lowest BCUT2D eigenvalue weighted by Crippen LogP contribution is -2.53. The number of piperidine rings is 1. The Balaban J connectivity index is 0.00000133. The van der Waals surface area contributed by atoms with Gasteiger partial charge < -0.3 is 10.6 Å². The van der Waals surface area contributed by atoms with Crippen molar-refractivity contribution < 1.29 is 4.79 Å². The van der Waals surface area contributed by atoms with Crippen LogP contribution in [0.5, 0.6) is 0 Å². The van der Waals surface area contributed by atoms with Crippen molar-refractivity contribution in [3.05, 3.63) is 0 Å². The van der Waals surface area contributed by atoms with Crippen molar-refractivity contribution in [2.45, 2.75) is 52.0 Å². The van der Waals surface area contributed by atoms with Crippen molar-refractivity contribution in [3.63, 3.8) is 0 Å². The fraction of sp³-hybridized carbons (Fsp3) is 0.933. The zero-order valence-corrected chi connectivity index (χ0v) is 12.9. The fourth-order valence-corrected chi connectivity index (χ4v) is 4.15. The van der Waals surface area contributed by atoms with E-state index in [1.54, 1.807) is 0 Å². The van der Waals surface area contributed by atoms with Crippen molar-refractivity contribution in [3.8, 4) is 0 Å². The van der Waals surface area contributed by atoms with Gasteiger partial charge in [-0.25, -0.2) is 0 Å². The topological polar surface area (TPSA) is 41.1 Å². The highest BCUT2D eigenvalue weighted by Crippen LogP contribution is 2.57. The molecule has 110 valence electrons. The Morgan fingerprint density at radius 2 is 1.95 bits per heavy atom. The van der Waals surface area contributed by atoms with Gasteiger partial charge in [0.15, 0.2) is 0 Å². The smallest absolute Gasteiger partial charge is 0.223 e. The zero-order chi connectivity index (χ0) is 12.8. The van der Waals surface area contributed by atoms with E-state index in [2.05, 4.69) is 24.5 Å². The Kier molecular flexibility index (Phi) is 4.46. The third-order valence-corrected chi connectivity index (χ3v) is 5.52. The molecule has 1 heterocycles. The SMILES string of the molecule is CC1(C)CCCNC1CNC(=O)C1C2CCCC21.Cl. The van der Waals surface area contributed by atoms with E-state index in [1.807, 2.05) is 0 Å². The standard InChI is InChI=1S/C15H26N2O.ClH/c1-15(2)7-4-8-16-12(15)9-17-14(18)13-10-5-3-6-11(10)13;/h10-13,16H,3-9H2,1-2H3,(H,17,18);1H. The van der Waals surface area contributed by atoms with E-state index in [1.165, 1.54) is 32.1 Å². The molecule has 0 bridgehead atoms. The first kappa shape index (κ1) is 15.1. The largest absolute Gasteiger partial charge is 0.354 e. The van der Waals surface area contributed by atoms with Crippen LogP contribution in [0.3, 0.4) is 0 Å². The number of hydrogen-bond acceptors (Lipinski definition) is 2. The molecule has 0 spiro atoms. The molecule has 3 nitrogen and oxygen atoms in total. The van der Waals surface area contributed by atoms with Gasteiger partial charge in [-0.15, -0.1) is 12.4 Å². The molecule has 2 saturated carbocycles. The number of amides is 1. The van der Waals surface area contributed by atoms with E-state index in [9.17, 15) is 4.79 Å². The third kappa shape index (κ3) is 2.92. The molecule has 0 aromatic carbocycles. The molecule has 0 aromatic rings. The van der Waals surface area contributed by atoms with Crippen LogP contribution in [0.25, 0.3) is 0 Å². The summed E-state index contributed by atoms with van der Waals surface area (Å²) in [6, 6.07) is 0.439. The Bertz CT molecular complexity index is 335. The molecule has 0 aromatic heterocycles. The van der Waals surface area contributed by atoms with Gasteiger partial charge in [-0.05, 0) is 49.5 Å². The van der Waals surface area contributed by atoms with Gasteiger partial charge in [-0.3, -0.25) is 4.79 Å². The number of carbonyl (C=O) groups is 1. The zero-order valence-electron chi connectivity index (χ0n) is 12.1. The second-order valence-electron chi connectivity index (χ2n) is 7.13. The number of nitrogens with one attached hydrogen (secondary N) is 2. The molecule has 3 atom stereocenters. The maximum absolute atomic E-state index is 12.1. The molecular weight excluding hydrogens is 260 g/mol. The van der Waals surface area contributed by atoms with E-state index in [4.69, 9.17) is 0 Å². The van der Waals surface area contributed by atoms with Crippen LogP contribution >= 0.6 is 12.4 Å². The Labute approximate surface area is 122 Å². The number of carbonyl (C=O) groups excluding carboxylic acids is 1. The van der Waals surface area contributed by atoms with Gasteiger partial charge in [0.25, 0.3) is 0 Å². The molecule has 2 aliphatic carbocycles. The molecule has 3 rings (SSSR count). The van der Waals surface area contributed by atoms with Crippen LogP contribution in [-0.2, 0) is 4.79 Å². The third-order valence-electron chi connectivity index (χ3n) is 5.52. The molecular formula is C15H27ClN2O. The lowest BCUT2D eigenvalue weighted by molar-refractivity contribution is -0.123. The van der Waals surface area contributed by atoms with Crippen molar-refractivity contribution >= 4 is 18.3 Å². The van der Waals surface area contributed by atoms with Gasteiger partial charge in [0.2, 0.25) is 5.91 Å². The summed E-state index contributed by atoms with van der Waals surface area (Å²) in [5, 5.41) is 6.76. The van der Waals surface area contributed by atoms with Crippen LogP contribution in [0.15, 0.2) is 0 Å². The second-order valence-corrected chi connectivity index (χ2v) is 7.13. The van der Waals surface area contributed by atoms with Crippen LogP contribution < -0.4 is 10.6 Å². The molecule has 3 fully saturated rings. The Hall–Kier alpha value is -0.280. The summed E-state index contributed by atoms with van der Waals surface area (Å²) in [5.74, 6) is 2.16. The van der Waals surface area contributed by atoms with Gasteiger partial charge in [0.05, 0.1) is 0 Å². The van der Waals surface area contributed by atoms with Gasteiger partial charge >= 0.3 is 0 Å². The van der Waals surface area contributed by atoms with Crippen molar-refractivity contribution in [1.29, 1.82) is 0 Å². The number of halogens is 1. The van der Waals surface area contributed by atoms with Crippen LogP contribution in [0.2, 0.25) is 0 Å². The minimum Gasteiger partial charge on any atom is -0.354 e. The van der Waals surface area contributed by atoms with Crippen LogP contribution in [0.1, 0.15) is 46.0 Å². The van der Waals surface area contributed by atoms with Gasteiger partial charge in [-0.1, -0.05) is 20.3 Å². The first-order valence-electron chi connectivity index (χ1n) is 7.61. The van der Waals surface area contributed by atoms with E-state index in [0.29, 0.717) is 23.3 Å². The number of rotatable bonds is 3. The molecule has 19 heavy (non-hydrogen) atoms. The quantitative estimate of drug-likeness (QED) is 0.836. The van der Waals surface area contributed by atoms with Gasteiger partial charge in [-0.2, -0.15) is 0 Å². The van der Waals surface area contributed by atoms with Crippen LogP contribution in [-0.4, -0.2) is 25.0 Å². The maximum atomic E-state index is 12.1. The second kappa shape index (κ2) is 5.61. The average Bonchev–Trinajstić information content (AvgIpc) is 2.81. The lowest BCUT2D eigenvalue weighted by Gasteiger charge is -2.39. The van der Waals surface area contributed by atoms with E-state index >= 15 is 0 Å². The molecule has 4 heteroatoms. The molecule has 1 saturated heterocycles. The molecule has 1 aliphatic heterocycles. The normalized spacial score (nSPS) is 39.1. The molecule has 2 N–H and O–H groups in total. The maximum Gasteiger partial charge on any atom is 0.223 e. The lowest BCUT2D eigenvalue weighted by atomic mass is 9.77. The first-order valence-corrected chi connectivity index (χ1v) is 7.61. The highest BCUT2D eigenvalue weighted by atomic mass is 35.5. The van der Waals surface area contributed by atoms with Gasteiger partial charge in [0, 0.05) is 18.5 Å². The highest BCUT2D eigenvalue weighted by Gasteiger charge is 2.56. The summed E-state index contributed by atoms with van der Waals surface area (Å²) in [6.45, 7) is 6.52. The molecule has 3 aliphatic rings. The fourth-order valence-electron chi connectivity index (χ4n) is 4.15. The summed E-state index contributed by atoms with van der Waals surface area (Å²) in [6.07, 6.45) is 6.43. The van der Waals surface area contributed by atoms with Crippen molar-refractivity contribution in [1.82, 2.24) is 10.6 Å².